The predicted molar refractivity (Wildman–Crippen MR) is 106 cm³/mol. The lowest BCUT2D eigenvalue weighted by molar-refractivity contribution is -0.155. The molecule has 2 aliphatic rings. The number of nitrogens with zero attached hydrogens (tertiary/aromatic N) is 4. The number of likely N-dealkylation sites (tertiary alicyclic amines) is 2. The molecule has 28 heavy (non-hydrogen) atoms. The quantitative estimate of drug-likeness (QED) is 0.651. The number of imidazole rings is 1. The van der Waals surface area contributed by atoms with Gasteiger partial charge in [-0.05, 0) is 39.3 Å². The second kappa shape index (κ2) is 9.05. The molecule has 2 N–H and O–H groups in total. The highest BCUT2D eigenvalue weighted by Gasteiger charge is 2.53. The molecule has 2 saturated heterocycles. The SMILES string of the molecule is CCc1nccn1CCCNC(=O)[C@@]12CCCN(C(=O)CO)[C@H]1CN(C)CC2. The van der Waals surface area contributed by atoms with Gasteiger partial charge in [-0.3, -0.25) is 9.59 Å². The lowest BCUT2D eigenvalue weighted by atomic mass is 9.67. The van der Waals surface area contributed by atoms with Crippen molar-refractivity contribution in [3.8, 4) is 0 Å². The van der Waals surface area contributed by atoms with E-state index in [1.165, 1.54) is 0 Å². The number of hydrogen-bond donors (Lipinski definition) is 2. The van der Waals surface area contributed by atoms with Gasteiger partial charge >= 0.3 is 0 Å². The highest BCUT2D eigenvalue weighted by atomic mass is 16.3. The van der Waals surface area contributed by atoms with Gasteiger partial charge in [-0.2, -0.15) is 0 Å². The van der Waals surface area contributed by atoms with E-state index in [9.17, 15) is 14.7 Å². The summed E-state index contributed by atoms with van der Waals surface area (Å²) in [4.78, 5) is 33.7. The summed E-state index contributed by atoms with van der Waals surface area (Å²) in [5.41, 5.74) is -0.542. The van der Waals surface area contributed by atoms with Crippen LogP contribution in [0.3, 0.4) is 0 Å². The number of aliphatic hydroxyl groups excluding tert-OH is 1. The molecule has 1 aromatic heterocycles. The maximum absolute atomic E-state index is 13.3. The maximum Gasteiger partial charge on any atom is 0.248 e. The standard InChI is InChI=1S/C20H33N5O3/c1-3-17-21-9-13-24(17)10-5-8-22-19(28)20-6-4-11-25(18(27)15-26)16(20)14-23(2)12-7-20/h9,13,16,26H,3-8,10-12,14-15H2,1-2H3,(H,22,28)/t16-,20+/m0/s1. The molecule has 0 spiro atoms. The third kappa shape index (κ3) is 4.07. The number of piperidine rings is 2. The van der Waals surface area contributed by atoms with Crippen molar-refractivity contribution in [3.05, 3.63) is 18.2 Å². The molecule has 2 atom stereocenters. The van der Waals surface area contributed by atoms with E-state index in [-0.39, 0.29) is 17.9 Å². The van der Waals surface area contributed by atoms with Crippen LogP contribution in [0.2, 0.25) is 0 Å². The number of aromatic nitrogens is 2. The zero-order valence-corrected chi connectivity index (χ0v) is 17.1. The van der Waals surface area contributed by atoms with Gasteiger partial charge in [0.05, 0.1) is 11.5 Å². The summed E-state index contributed by atoms with van der Waals surface area (Å²) in [7, 11) is 2.02. The molecule has 0 unspecified atom stereocenters. The van der Waals surface area contributed by atoms with Gasteiger partial charge in [-0.1, -0.05) is 6.92 Å². The van der Waals surface area contributed by atoms with Crippen LogP contribution >= 0.6 is 0 Å². The van der Waals surface area contributed by atoms with E-state index >= 15 is 0 Å². The number of aliphatic hydroxyl groups is 1. The molecule has 8 heteroatoms. The molecular formula is C20H33N5O3. The summed E-state index contributed by atoms with van der Waals surface area (Å²) in [5, 5.41) is 12.5. The number of aryl methyl sites for hydroxylation is 2. The van der Waals surface area contributed by atoms with Crippen LogP contribution < -0.4 is 5.32 Å². The smallest absolute Gasteiger partial charge is 0.248 e. The molecule has 0 bridgehead atoms. The fourth-order valence-electron chi connectivity index (χ4n) is 4.78. The molecule has 0 aliphatic carbocycles. The Kier molecular flexibility index (Phi) is 6.72. The van der Waals surface area contributed by atoms with Crippen molar-refractivity contribution in [1.29, 1.82) is 0 Å². The summed E-state index contributed by atoms with van der Waals surface area (Å²) < 4.78 is 2.13. The Labute approximate surface area is 166 Å². The van der Waals surface area contributed by atoms with E-state index in [0.29, 0.717) is 19.6 Å². The molecule has 0 saturated carbocycles. The second-order valence-corrected chi connectivity index (χ2v) is 8.03. The Balaban J connectivity index is 1.63. The number of hydrogen-bond acceptors (Lipinski definition) is 5. The topological polar surface area (TPSA) is 90.7 Å². The van der Waals surface area contributed by atoms with E-state index in [0.717, 1.165) is 51.0 Å². The highest BCUT2D eigenvalue weighted by Crippen LogP contribution is 2.42. The van der Waals surface area contributed by atoms with E-state index < -0.39 is 12.0 Å². The van der Waals surface area contributed by atoms with Crippen LogP contribution in [0.25, 0.3) is 0 Å². The van der Waals surface area contributed by atoms with Gasteiger partial charge in [0.1, 0.15) is 12.4 Å². The van der Waals surface area contributed by atoms with Crippen LogP contribution in [0.4, 0.5) is 0 Å². The van der Waals surface area contributed by atoms with Crippen molar-refractivity contribution in [3.63, 3.8) is 0 Å². The molecule has 2 fully saturated rings. The molecule has 2 amide bonds. The number of carbonyl (C=O) groups excluding carboxylic acids is 2. The first kappa shape index (κ1) is 20.8. The summed E-state index contributed by atoms with van der Waals surface area (Å²) in [6, 6.07) is -0.167. The Morgan fingerprint density at radius 3 is 2.93 bits per heavy atom. The Bertz CT molecular complexity index is 691. The van der Waals surface area contributed by atoms with Crippen LogP contribution in [-0.4, -0.2) is 82.1 Å². The molecular weight excluding hydrogens is 358 g/mol. The van der Waals surface area contributed by atoms with E-state index in [4.69, 9.17) is 0 Å². The fourth-order valence-corrected chi connectivity index (χ4v) is 4.78. The molecule has 2 aliphatic heterocycles. The summed E-state index contributed by atoms with van der Waals surface area (Å²) in [6.45, 7) is 5.17. The molecule has 3 rings (SSSR count). The van der Waals surface area contributed by atoms with E-state index in [2.05, 4.69) is 26.7 Å². The van der Waals surface area contributed by atoms with Gasteiger partial charge in [0.15, 0.2) is 0 Å². The second-order valence-electron chi connectivity index (χ2n) is 8.03. The van der Waals surface area contributed by atoms with Gasteiger partial charge in [0.2, 0.25) is 11.8 Å². The van der Waals surface area contributed by atoms with Crippen molar-refractivity contribution in [2.75, 3.05) is 39.8 Å². The van der Waals surface area contributed by atoms with Gasteiger partial charge in [0, 0.05) is 45.0 Å². The molecule has 3 heterocycles. The average Bonchev–Trinajstić information content (AvgIpc) is 3.17. The van der Waals surface area contributed by atoms with E-state index in [1.54, 1.807) is 4.90 Å². The van der Waals surface area contributed by atoms with Gasteiger partial charge in [-0.25, -0.2) is 4.98 Å². The van der Waals surface area contributed by atoms with Crippen LogP contribution in [0.1, 0.15) is 38.4 Å². The van der Waals surface area contributed by atoms with Crippen LogP contribution in [-0.2, 0) is 22.6 Å². The third-order valence-electron chi connectivity index (χ3n) is 6.35. The van der Waals surface area contributed by atoms with Crippen molar-refractivity contribution in [1.82, 2.24) is 24.7 Å². The van der Waals surface area contributed by atoms with Crippen molar-refractivity contribution in [2.45, 2.75) is 51.6 Å². The average molecular weight is 392 g/mol. The minimum Gasteiger partial charge on any atom is -0.387 e. The lowest BCUT2D eigenvalue weighted by Crippen LogP contribution is -2.66. The summed E-state index contributed by atoms with van der Waals surface area (Å²) in [6.07, 6.45) is 7.88. The molecule has 0 aromatic carbocycles. The normalized spacial score (nSPS) is 25.4. The summed E-state index contributed by atoms with van der Waals surface area (Å²) in [5.74, 6) is 0.845. The maximum atomic E-state index is 13.3. The first-order valence-corrected chi connectivity index (χ1v) is 10.4. The Morgan fingerprint density at radius 1 is 1.36 bits per heavy atom. The van der Waals surface area contributed by atoms with Crippen molar-refractivity contribution >= 4 is 11.8 Å². The molecule has 156 valence electrons. The Hall–Kier alpha value is -1.93. The lowest BCUT2D eigenvalue weighted by Gasteiger charge is -2.53. The Morgan fingerprint density at radius 2 is 2.18 bits per heavy atom. The zero-order chi connectivity index (χ0) is 20.1. The van der Waals surface area contributed by atoms with Crippen molar-refractivity contribution < 1.29 is 14.7 Å². The minimum absolute atomic E-state index is 0.0578. The first-order chi connectivity index (χ1) is 13.5. The van der Waals surface area contributed by atoms with Gasteiger partial charge in [0.25, 0.3) is 0 Å². The van der Waals surface area contributed by atoms with Crippen LogP contribution in [0.15, 0.2) is 12.4 Å². The first-order valence-electron chi connectivity index (χ1n) is 10.4. The van der Waals surface area contributed by atoms with Crippen LogP contribution in [0, 0.1) is 5.41 Å². The zero-order valence-electron chi connectivity index (χ0n) is 17.1. The number of rotatable bonds is 7. The number of nitrogens with one attached hydrogen (secondary N) is 1. The number of amides is 2. The number of fused-ring (bicyclic) bond motifs is 1. The fraction of sp³-hybridized carbons (Fsp3) is 0.750. The minimum atomic E-state index is -0.542. The number of likely N-dealkylation sites (N-methyl/N-ethyl adjacent to an activating group) is 1. The predicted octanol–water partition coefficient (Wildman–Crippen LogP) is 0.257. The van der Waals surface area contributed by atoms with Gasteiger partial charge in [-0.15, -0.1) is 0 Å². The molecule has 8 nitrogen and oxygen atoms in total. The van der Waals surface area contributed by atoms with Crippen molar-refractivity contribution in [2.24, 2.45) is 5.41 Å². The highest BCUT2D eigenvalue weighted by molar-refractivity contribution is 5.86. The van der Waals surface area contributed by atoms with Gasteiger partial charge < -0.3 is 24.8 Å². The largest absolute Gasteiger partial charge is 0.387 e. The third-order valence-corrected chi connectivity index (χ3v) is 6.35. The molecule has 0 radical (unpaired) electrons. The monoisotopic (exact) mass is 391 g/mol. The molecule has 1 aromatic rings. The number of carbonyl (C=O) groups is 2. The van der Waals surface area contributed by atoms with Crippen LogP contribution in [0.5, 0.6) is 0 Å². The summed E-state index contributed by atoms with van der Waals surface area (Å²) >= 11 is 0. The van der Waals surface area contributed by atoms with E-state index in [1.807, 2.05) is 19.4 Å².